The van der Waals surface area contributed by atoms with E-state index in [1.54, 1.807) is 37.4 Å². The highest BCUT2D eigenvalue weighted by molar-refractivity contribution is 6.30. The lowest BCUT2D eigenvalue weighted by atomic mass is 10.2. The summed E-state index contributed by atoms with van der Waals surface area (Å²) in [6, 6.07) is 10.6. The Hall–Kier alpha value is -1.58. The van der Waals surface area contributed by atoms with Crippen LogP contribution < -0.4 is 4.74 Å². The lowest BCUT2D eigenvalue weighted by Crippen LogP contribution is -1.95. The van der Waals surface area contributed by atoms with Crippen molar-refractivity contribution >= 4 is 11.6 Å². The Balaban J connectivity index is 2.14. The fraction of sp³-hybridized carbons (Fsp3) is 0.154. The van der Waals surface area contributed by atoms with Crippen LogP contribution in [0.2, 0.25) is 5.02 Å². The first-order valence-corrected chi connectivity index (χ1v) is 5.60. The van der Waals surface area contributed by atoms with Crippen LogP contribution in [0.1, 0.15) is 18.7 Å². The molecule has 0 aliphatic heterocycles. The van der Waals surface area contributed by atoms with Gasteiger partial charge in [-0.05, 0) is 37.3 Å². The van der Waals surface area contributed by atoms with Crippen molar-refractivity contribution in [3.63, 3.8) is 0 Å². The number of hydrogen-bond acceptors (Lipinski definition) is 3. The summed E-state index contributed by atoms with van der Waals surface area (Å²) < 4.78 is 5.57. The molecule has 0 bridgehead atoms. The summed E-state index contributed by atoms with van der Waals surface area (Å²) in [5, 5.41) is 9.94. The molecular formula is C13H12ClNO2. The smallest absolute Gasteiger partial charge is 0.145 e. The predicted octanol–water partition coefficient (Wildman–Crippen LogP) is 3.58. The fourth-order valence-corrected chi connectivity index (χ4v) is 1.55. The molecule has 0 fully saturated rings. The summed E-state index contributed by atoms with van der Waals surface area (Å²) in [6.45, 7) is 1.67. The van der Waals surface area contributed by atoms with Crippen LogP contribution in [0.25, 0.3) is 0 Å². The second-order valence-electron chi connectivity index (χ2n) is 3.65. The molecule has 2 aromatic rings. The summed E-state index contributed by atoms with van der Waals surface area (Å²) in [4.78, 5) is 4.09. The van der Waals surface area contributed by atoms with E-state index in [-0.39, 0.29) is 0 Å². The Morgan fingerprint density at radius 2 is 2.06 bits per heavy atom. The van der Waals surface area contributed by atoms with E-state index in [1.165, 1.54) is 0 Å². The van der Waals surface area contributed by atoms with Crippen molar-refractivity contribution in [1.29, 1.82) is 0 Å². The topological polar surface area (TPSA) is 42.4 Å². The first kappa shape index (κ1) is 11.9. The number of rotatable bonds is 3. The number of nitrogens with zero attached hydrogens (tertiary/aromatic N) is 1. The quantitative estimate of drug-likeness (QED) is 0.904. The zero-order valence-corrected chi connectivity index (χ0v) is 10.1. The Kier molecular flexibility index (Phi) is 3.61. The van der Waals surface area contributed by atoms with Crippen LogP contribution in [0.15, 0.2) is 42.6 Å². The molecule has 2 rings (SSSR count). The number of ether oxygens (including phenoxy) is 1. The summed E-state index contributed by atoms with van der Waals surface area (Å²) >= 11 is 5.85. The third kappa shape index (κ3) is 3.19. The van der Waals surface area contributed by atoms with E-state index >= 15 is 0 Å². The largest absolute Gasteiger partial charge is 0.456 e. The highest BCUT2D eigenvalue weighted by Gasteiger charge is 2.03. The van der Waals surface area contributed by atoms with Gasteiger partial charge in [0, 0.05) is 5.02 Å². The monoisotopic (exact) mass is 249 g/mol. The minimum absolute atomic E-state index is 0.574. The number of aliphatic hydroxyl groups excluding tert-OH is 1. The zero-order valence-electron chi connectivity index (χ0n) is 9.30. The van der Waals surface area contributed by atoms with Crippen LogP contribution in [-0.2, 0) is 0 Å². The van der Waals surface area contributed by atoms with Gasteiger partial charge in [-0.3, -0.25) is 4.98 Å². The van der Waals surface area contributed by atoms with Gasteiger partial charge in [0.1, 0.15) is 11.5 Å². The summed E-state index contributed by atoms with van der Waals surface area (Å²) in [5.74, 6) is 1.26. The molecule has 0 amide bonds. The van der Waals surface area contributed by atoms with Crippen molar-refractivity contribution in [1.82, 2.24) is 4.98 Å². The molecule has 88 valence electrons. The minimum atomic E-state index is -0.574. The Bertz CT molecular complexity index is 497. The number of aliphatic hydroxyl groups is 1. The number of aromatic nitrogens is 1. The van der Waals surface area contributed by atoms with Crippen LogP contribution in [0, 0.1) is 0 Å². The molecule has 0 saturated carbocycles. The number of pyridine rings is 1. The van der Waals surface area contributed by atoms with Crippen molar-refractivity contribution in [3.05, 3.63) is 53.3 Å². The first-order chi connectivity index (χ1) is 8.15. The standard InChI is InChI=1S/C13H12ClNO2/c1-9(16)13-6-5-12(8-15-13)17-11-4-2-3-10(14)7-11/h2-9,16H,1H3/t9-/m0/s1. The van der Waals surface area contributed by atoms with Gasteiger partial charge in [0.25, 0.3) is 0 Å². The lowest BCUT2D eigenvalue weighted by molar-refractivity contribution is 0.194. The Morgan fingerprint density at radius 3 is 2.65 bits per heavy atom. The first-order valence-electron chi connectivity index (χ1n) is 5.22. The second kappa shape index (κ2) is 5.17. The molecule has 0 radical (unpaired) electrons. The molecule has 3 nitrogen and oxygen atoms in total. The molecule has 1 aromatic heterocycles. The van der Waals surface area contributed by atoms with Crippen molar-refractivity contribution in [3.8, 4) is 11.5 Å². The third-order valence-electron chi connectivity index (χ3n) is 2.22. The van der Waals surface area contributed by atoms with Crippen molar-refractivity contribution in [2.75, 3.05) is 0 Å². The Morgan fingerprint density at radius 1 is 1.24 bits per heavy atom. The predicted molar refractivity (Wildman–Crippen MR) is 66.4 cm³/mol. The van der Waals surface area contributed by atoms with Gasteiger partial charge >= 0.3 is 0 Å². The molecule has 1 N–H and O–H groups in total. The van der Waals surface area contributed by atoms with E-state index in [0.717, 1.165) is 0 Å². The highest BCUT2D eigenvalue weighted by atomic mass is 35.5. The average molecular weight is 250 g/mol. The molecule has 1 heterocycles. The third-order valence-corrected chi connectivity index (χ3v) is 2.45. The van der Waals surface area contributed by atoms with E-state index in [1.807, 2.05) is 12.1 Å². The van der Waals surface area contributed by atoms with Gasteiger partial charge < -0.3 is 9.84 Å². The molecule has 4 heteroatoms. The molecule has 0 spiro atoms. The SMILES string of the molecule is C[C@H](O)c1ccc(Oc2cccc(Cl)c2)cn1. The van der Waals surface area contributed by atoms with E-state index in [0.29, 0.717) is 22.2 Å². The van der Waals surface area contributed by atoms with Crippen LogP contribution in [0.5, 0.6) is 11.5 Å². The van der Waals surface area contributed by atoms with Gasteiger partial charge in [0.15, 0.2) is 0 Å². The normalized spacial score (nSPS) is 12.2. The zero-order chi connectivity index (χ0) is 12.3. The number of hydrogen-bond donors (Lipinski definition) is 1. The van der Waals surface area contributed by atoms with Crippen molar-refractivity contribution in [2.45, 2.75) is 13.0 Å². The van der Waals surface area contributed by atoms with E-state index < -0.39 is 6.10 Å². The molecule has 0 aliphatic carbocycles. The molecule has 0 aliphatic rings. The second-order valence-corrected chi connectivity index (χ2v) is 4.09. The van der Waals surface area contributed by atoms with E-state index in [4.69, 9.17) is 16.3 Å². The molecule has 17 heavy (non-hydrogen) atoms. The minimum Gasteiger partial charge on any atom is -0.456 e. The fourth-order valence-electron chi connectivity index (χ4n) is 1.37. The highest BCUT2D eigenvalue weighted by Crippen LogP contribution is 2.24. The maximum absolute atomic E-state index is 9.32. The Labute approximate surface area is 105 Å². The van der Waals surface area contributed by atoms with Crippen LogP contribution in [0.3, 0.4) is 0 Å². The summed E-state index contributed by atoms with van der Waals surface area (Å²) in [5.41, 5.74) is 0.614. The van der Waals surface area contributed by atoms with Gasteiger partial charge in [-0.1, -0.05) is 17.7 Å². The lowest BCUT2D eigenvalue weighted by Gasteiger charge is -2.07. The van der Waals surface area contributed by atoms with Crippen LogP contribution >= 0.6 is 11.6 Å². The maximum atomic E-state index is 9.32. The van der Waals surface area contributed by atoms with Gasteiger partial charge in [-0.2, -0.15) is 0 Å². The number of benzene rings is 1. The average Bonchev–Trinajstić information content (AvgIpc) is 2.29. The molecule has 0 saturated heterocycles. The van der Waals surface area contributed by atoms with Gasteiger partial charge in [0.2, 0.25) is 0 Å². The van der Waals surface area contributed by atoms with E-state index in [9.17, 15) is 5.11 Å². The number of halogens is 1. The molecule has 1 aromatic carbocycles. The van der Waals surface area contributed by atoms with Crippen LogP contribution in [-0.4, -0.2) is 10.1 Å². The molecule has 1 atom stereocenters. The van der Waals surface area contributed by atoms with Crippen molar-refractivity contribution in [2.24, 2.45) is 0 Å². The molecular weight excluding hydrogens is 238 g/mol. The van der Waals surface area contributed by atoms with Crippen molar-refractivity contribution < 1.29 is 9.84 Å². The van der Waals surface area contributed by atoms with Gasteiger partial charge in [0.05, 0.1) is 18.0 Å². The molecule has 0 unspecified atom stereocenters. The summed E-state index contributed by atoms with van der Waals surface area (Å²) in [7, 11) is 0. The maximum Gasteiger partial charge on any atom is 0.145 e. The summed E-state index contributed by atoms with van der Waals surface area (Å²) in [6.07, 6.45) is 0.999. The van der Waals surface area contributed by atoms with Gasteiger partial charge in [-0.15, -0.1) is 0 Å². The van der Waals surface area contributed by atoms with E-state index in [2.05, 4.69) is 4.98 Å². The van der Waals surface area contributed by atoms with Gasteiger partial charge in [-0.25, -0.2) is 0 Å². The van der Waals surface area contributed by atoms with Crippen LogP contribution in [0.4, 0.5) is 0 Å².